The maximum absolute atomic E-state index is 9.24. The maximum Gasteiger partial charge on any atom is 0.0481 e. The third kappa shape index (κ3) is 5.27. The quantitative estimate of drug-likeness (QED) is 0.775. The fourth-order valence-electron chi connectivity index (χ4n) is 3.00. The van der Waals surface area contributed by atoms with Gasteiger partial charge in [-0.2, -0.15) is 0 Å². The molecule has 2 N–H and O–H groups in total. The van der Waals surface area contributed by atoms with Gasteiger partial charge in [0.05, 0.1) is 0 Å². The van der Waals surface area contributed by atoms with Crippen LogP contribution in [0.2, 0.25) is 0 Å². The molecule has 1 heterocycles. The predicted octanol–water partition coefficient (Wildman–Crippen LogP) is 2.73. The number of aliphatic hydroxyl groups is 1. The van der Waals surface area contributed by atoms with Crippen LogP contribution in [0.1, 0.15) is 31.7 Å². The minimum Gasteiger partial charge on any atom is -0.396 e. The van der Waals surface area contributed by atoms with E-state index in [-0.39, 0.29) is 0 Å². The Bertz CT molecular complexity index is 431. The highest BCUT2D eigenvalue weighted by Gasteiger charge is 2.19. The van der Waals surface area contributed by atoms with E-state index < -0.39 is 0 Å². The minimum atomic E-state index is 0.336. The molecule has 0 aliphatic carbocycles. The second-order valence-electron chi connectivity index (χ2n) is 6.39. The van der Waals surface area contributed by atoms with E-state index in [0.717, 1.165) is 45.5 Å². The highest BCUT2D eigenvalue weighted by molar-refractivity contribution is 5.51. The summed E-state index contributed by atoms with van der Waals surface area (Å²) in [6.45, 7) is 6.46. The molecule has 1 atom stereocenters. The van der Waals surface area contributed by atoms with Crippen molar-refractivity contribution in [2.75, 3.05) is 38.7 Å². The number of methoxy groups -OCH3 is 1. The van der Waals surface area contributed by atoms with Crippen LogP contribution in [-0.2, 0) is 11.3 Å². The Morgan fingerprint density at radius 1 is 1.32 bits per heavy atom. The molecule has 1 fully saturated rings. The van der Waals surface area contributed by atoms with Crippen molar-refractivity contribution in [2.45, 2.75) is 38.8 Å². The molecule has 0 spiro atoms. The number of rotatable bonds is 8. The van der Waals surface area contributed by atoms with Crippen molar-refractivity contribution in [1.29, 1.82) is 0 Å². The third-order valence-corrected chi connectivity index (χ3v) is 4.53. The van der Waals surface area contributed by atoms with Crippen LogP contribution < -0.4 is 5.32 Å². The van der Waals surface area contributed by atoms with Crippen LogP contribution in [0.25, 0.3) is 0 Å². The molecule has 1 aromatic carbocycles. The molecule has 1 aliphatic heterocycles. The molecule has 22 heavy (non-hydrogen) atoms. The number of ether oxygens (including phenoxy) is 1. The van der Waals surface area contributed by atoms with Crippen LogP contribution in [0, 0.1) is 5.92 Å². The van der Waals surface area contributed by atoms with Crippen molar-refractivity contribution in [3.05, 3.63) is 29.8 Å². The van der Waals surface area contributed by atoms with Gasteiger partial charge in [-0.3, -0.25) is 4.90 Å². The number of nitrogens with zero attached hydrogens (tertiary/aromatic N) is 1. The standard InChI is InChI=1S/C18H30N2O2/c1-15(9-12-22-2)19-18-6-4-3-5-17(18)13-20-10-7-16(14-21)8-11-20/h3-6,15-16,19,21H,7-14H2,1-2H3. The smallest absolute Gasteiger partial charge is 0.0481 e. The first kappa shape index (κ1) is 17.3. The van der Waals surface area contributed by atoms with Crippen molar-refractivity contribution < 1.29 is 9.84 Å². The summed E-state index contributed by atoms with van der Waals surface area (Å²) in [6, 6.07) is 8.98. The molecular formula is C18H30N2O2. The summed E-state index contributed by atoms with van der Waals surface area (Å²) in [5, 5.41) is 12.9. The molecule has 1 saturated heterocycles. The van der Waals surface area contributed by atoms with Gasteiger partial charge in [0.25, 0.3) is 0 Å². The highest BCUT2D eigenvalue weighted by Crippen LogP contribution is 2.22. The number of aliphatic hydroxyl groups excluding tert-OH is 1. The van der Waals surface area contributed by atoms with Gasteiger partial charge in [0.2, 0.25) is 0 Å². The Morgan fingerprint density at radius 2 is 2.05 bits per heavy atom. The number of likely N-dealkylation sites (tertiary alicyclic amines) is 1. The van der Waals surface area contributed by atoms with E-state index in [2.05, 4.69) is 41.4 Å². The minimum absolute atomic E-state index is 0.336. The Hall–Kier alpha value is -1.10. The Balaban J connectivity index is 1.91. The maximum atomic E-state index is 9.24. The lowest BCUT2D eigenvalue weighted by Gasteiger charge is -2.31. The van der Waals surface area contributed by atoms with Gasteiger partial charge in [-0.1, -0.05) is 18.2 Å². The van der Waals surface area contributed by atoms with Crippen molar-refractivity contribution >= 4 is 5.69 Å². The first-order valence-electron chi connectivity index (χ1n) is 8.39. The van der Waals surface area contributed by atoms with E-state index in [0.29, 0.717) is 18.6 Å². The highest BCUT2D eigenvalue weighted by atomic mass is 16.5. The normalized spacial score (nSPS) is 18.3. The molecule has 1 unspecified atom stereocenters. The zero-order chi connectivity index (χ0) is 15.8. The summed E-state index contributed by atoms with van der Waals surface area (Å²) in [7, 11) is 1.75. The number of hydrogen-bond acceptors (Lipinski definition) is 4. The Kier molecular flexibility index (Phi) is 7.16. The van der Waals surface area contributed by atoms with Crippen molar-refractivity contribution in [2.24, 2.45) is 5.92 Å². The van der Waals surface area contributed by atoms with E-state index in [4.69, 9.17) is 4.74 Å². The van der Waals surface area contributed by atoms with Crippen LogP contribution in [0.5, 0.6) is 0 Å². The molecule has 0 aromatic heterocycles. The van der Waals surface area contributed by atoms with Crippen LogP contribution in [0.15, 0.2) is 24.3 Å². The molecule has 1 aromatic rings. The number of hydrogen-bond donors (Lipinski definition) is 2. The van der Waals surface area contributed by atoms with Crippen molar-refractivity contribution in [1.82, 2.24) is 4.90 Å². The van der Waals surface area contributed by atoms with Crippen LogP contribution in [0.3, 0.4) is 0 Å². The van der Waals surface area contributed by atoms with E-state index in [1.807, 2.05) is 0 Å². The monoisotopic (exact) mass is 306 g/mol. The fourth-order valence-corrected chi connectivity index (χ4v) is 3.00. The average molecular weight is 306 g/mol. The summed E-state index contributed by atoms with van der Waals surface area (Å²) >= 11 is 0. The Labute approximate surface area is 134 Å². The second kappa shape index (κ2) is 9.13. The van der Waals surface area contributed by atoms with Crippen LogP contribution in [0.4, 0.5) is 5.69 Å². The first-order valence-corrected chi connectivity index (χ1v) is 8.39. The molecular weight excluding hydrogens is 276 g/mol. The number of para-hydroxylation sites is 1. The van der Waals surface area contributed by atoms with E-state index in [1.54, 1.807) is 7.11 Å². The fraction of sp³-hybridized carbons (Fsp3) is 0.667. The lowest BCUT2D eigenvalue weighted by atomic mass is 9.97. The number of benzene rings is 1. The molecule has 0 bridgehead atoms. The first-order chi connectivity index (χ1) is 10.7. The van der Waals surface area contributed by atoms with Gasteiger partial charge in [-0.25, -0.2) is 0 Å². The van der Waals surface area contributed by atoms with E-state index in [9.17, 15) is 5.11 Å². The molecule has 4 nitrogen and oxygen atoms in total. The zero-order valence-electron chi connectivity index (χ0n) is 13.9. The molecule has 4 heteroatoms. The predicted molar refractivity (Wildman–Crippen MR) is 91.1 cm³/mol. The number of piperidine rings is 1. The SMILES string of the molecule is COCCC(C)Nc1ccccc1CN1CCC(CO)CC1. The van der Waals surface area contributed by atoms with Crippen molar-refractivity contribution in [3.63, 3.8) is 0 Å². The van der Waals surface area contributed by atoms with Crippen LogP contribution in [-0.4, -0.2) is 49.5 Å². The summed E-state index contributed by atoms with van der Waals surface area (Å²) in [5.74, 6) is 0.499. The molecule has 0 amide bonds. The van der Waals surface area contributed by atoms with E-state index in [1.165, 1.54) is 11.3 Å². The van der Waals surface area contributed by atoms with Gasteiger partial charge in [0.1, 0.15) is 0 Å². The summed E-state index contributed by atoms with van der Waals surface area (Å²) in [4.78, 5) is 2.49. The van der Waals surface area contributed by atoms with Gasteiger partial charge < -0.3 is 15.2 Å². The third-order valence-electron chi connectivity index (χ3n) is 4.53. The van der Waals surface area contributed by atoms with Gasteiger partial charge in [-0.15, -0.1) is 0 Å². The molecule has 0 radical (unpaired) electrons. The zero-order valence-corrected chi connectivity index (χ0v) is 13.9. The Morgan fingerprint density at radius 3 is 2.73 bits per heavy atom. The molecule has 124 valence electrons. The lowest BCUT2D eigenvalue weighted by molar-refractivity contribution is 0.127. The lowest BCUT2D eigenvalue weighted by Crippen LogP contribution is -2.34. The molecule has 2 rings (SSSR count). The molecule has 0 saturated carbocycles. The second-order valence-corrected chi connectivity index (χ2v) is 6.39. The summed E-state index contributed by atoms with van der Waals surface area (Å²) < 4.78 is 5.15. The van der Waals surface area contributed by atoms with Crippen molar-refractivity contribution in [3.8, 4) is 0 Å². The summed E-state index contributed by atoms with van der Waals surface area (Å²) in [5.41, 5.74) is 2.59. The number of nitrogens with one attached hydrogen (secondary N) is 1. The number of anilines is 1. The molecule has 1 aliphatic rings. The largest absolute Gasteiger partial charge is 0.396 e. The van der Waals surface area contributed by atoms with Gasteiger partial charge in [0, 0.05) is 38.6 Å². The topological polar surface area (TPSA) is 44.7 Å². The van der Waals surface area contributed by atoms with Crippen LogP contribution >= 0.6 is 0 Å². The summed E-state index contributed by atoms with van der Waals surface area (Å²) in [6.07, 6.45) is 3.22. The van der Waals surface area contributed by atoms with Gasteiger partial charge in [0.15, 0.2) is 0 Å². The van der Waals surface area contributed by atoms with Gasteiger partial charge >= 0.3 is 0 Å². The average Bonchev–Trinajstić information content (AvgIpc) is 2.55. The van der Waals surface area contributed by atoms with E-state index >= 15 is 0 Å². The van der Waals surface area contributed by atoms with Gasteiger partial charge in [-0.05, 0) is 56.8 Å².